The van der Waals surface area contributed by atoms with E-state index in [-0.39, 0.29) is 5.75 Å². The number of ether oxygens (including phenoxy) is 3. The molecule has 17 heavy (non-hydrogen) atoms. The second-order valence-corrected chi connectivity index (χ2v) is 3.57. The highest BCUT2D eigenvalue weighted by atomic mass is 16.5. The van der Waals surface area contributed by atoms with E-state index in [0.29, 0.717) is 22.6 Å². The first-order chi connectivity index (χ1) is 8.19. The van der Waals surface area contributed by atoms with Crippen LogP contribution in [0, 0.1) is 0 Å². The first kappa shape index (κ1) is 11.4. The van der Waals surface area contributed by atoms with Gasteiger partial charge in [-0.3, -0.25) is 0 Å². The van der Waals surface area contributed by atoms with Crippen molar-refractivity contribution in [2.24, 2.45) is 0 Å². The lowest BCUT2D eigenvalue weighted by atomic mass is 10.1. The van der Waals surface area contributed by atoms with Gasteiger partial charge in [0, 0.05) is 12.1 Å². The average molecular weight is 234 g/mol. The van der Waals surface area contributed by atoms with E-state index < -0.39 is 0 Å². The minimum absolute atomic E-state index is 0.124. The minimum Gasteiger partial charge on any atom is -0.507 e. The van der Waals surface area contributed by atoms with E-state index in [0.717, 1.165) is 5.39 Å². The zero-order chi connectivity index (χ0) is 12.4. The third-order valence-electron chi connectivity index (χ3n) is 2.63. The van der Waals surface area contributed by atoms with E-state index in [2.05, 4.69) is 0 Å². The molecule has 1 N–H and O–H groups in total. The van der Waals surface area contributed by atoms with Gasteiger partial charge >= 0.3 is 0 Å². The van der Waals surface area contributed by atoms with Crippen molar-refractivity contribution in [1.29, 1.82) is 0 Å². The molecule has 0 saturated heterocycles. The van der Waals surface area contributed by atoms with Crippen molar-refractivity contribution in [3.8, 4) is 23.0 Å². The summed E-state index contributed by atoms with van der Waals surface area (Å²) >= 11 is 0. The lowest BCUT2D eigenvalue weighted by molar-refractivity contribution is 0.394. The number of phenolic OH excluding ortho intramolecular Hbond substituents is 1. The predicted octanol–water partition coefficient (Wildman–Crippen LogP) is 2.57. The smallest absolute Gasteiger partial charge is 0.134 e. The zero-order valence-electron chi connectivity index (χ0n) is 9.98. The van der Waals surface area contributed by atoms with Crippen LogP contribution >= 0.6 is 0 Å². The molecular formula is C13H14O4. The summed E-state index contributed by atoms with van der Waals surface area (Å²) in [4.78, 5) is 0. The molecule has 0 fully saturated rings. The summed E-state index contributed by atoms with van der Waals surface area (Å²) in [6.07, 6.45) is 0. The summed E-state index contributed by atoms with van der Waals surface area (Å²) < 4.78 is 15.5. The Kier molecular flexibility index (Phi) is 2.95. The van der Waals surface area contributed by atoms with Gasteiger partial charge in [0.15, 0.2) is 0 Å². The zero-order valence-corrected chi connectivity index (χ0v) is 9.98. The summed E-state index contributed by atoms with van der Waals surface area (Å²) in [5.41, 5.74) is 0. The van der Waals surface area contributed by atoms with Crippen LogP contribution < -0.4 is 14.2 Å². The topological polar surface area (TPSA) is 47.9 Å². The van der Waals surface area contributed by atoms with Gasteiger partial charge in [-0.15, -0.1) is 0 Å². The maximum Gasteiger partial charge on any atom is 0.134 e. The van der Waals surface area contributed by atoms with Gasteiger partial charge in [0.25, 0.3) is 0 Å². The number of hydrogen-bond donors (Lipinski definition) is 1. The lowest BCUT2D eigenvalue weighted by Gasteiger charge is -2.11. The molecule has 2 aromatic carbocycles. The SMILES string of the molecule is COc1cc(O)c2c(OC)cc(OC)cc2c1. The second-order valence-electron chi connectivity index (χ2n) is 3.57. The van der Waals surface area contributed by atoms with E-state index in [1.165, 1.54) is 0 Å². The summed E-state index contributed by atoms with van der Waals surface area (Å²) in [6, 6.07) is 6.92. The summed E-state index contributed by atoms with van der Waals surface area (Å²) in [5, 5.41) is 11.4. The molecule has 0 amide bonds. The van der Waals surface area contributed by atoms with Crippen LogP contribution in [0.5, 0.6) is 23.0 Å². The van der Waals surface area contributed by atoms with Crippen LogP contribution in [0.25, 0.3) is 10.8 Å². The maximum absolute atomic E-state index is 9.96. The van der Waals surface area contributed by atoms with Crippen molar-refractivity contribution in [1.82, 2.24) is 0 Å². The number of fused-ring (bicyclic) bond motifs is 1. The largest absolute Gasteiger partial charge is 0.507 e. The van der Waals surface area contributed by atoms with Gasteiger partial charge in [0.2, 0.25) is 0 Å². The Labute approximate surface area is 99.3 Å². The Morgan fingerprint density at radius 3 is 1.94 bits per heavy atom. The third kappa shape index (κ3) is 1.93. The molecule has 0 aliphatic carbocycles. The van der Waals surface area contributed by atoms with Gasteiger partial charge in [-0.1, -0.05) is 0 Å². The molecule has 0 aliphatic heterocycles. The van der Waals surface area contributed by atoms with Crippen molar-refractivity contribution >= 4 is 10.8 Å². The van der Waals surface area contributed by atoms with Crippen LogP contribution in [0.2, 0.25) is 0 Å². The first-order valence-electron chi connectivity index (χ1n) is 5.12. The fourth-order valence-corrected chi connectivity index (χ4v) is 1.80. The number of hydrogen-bond acceptors (Lipinski definition) is 4. The van der Waals surface area contributed by atoms with Gasteiger partial charge in [0.1, 0.15) is 23.0 Å². The van der Waals surface area contributed by atoms with Crippen molar-refractivity contribution in [3.63, 3.8) is 0 Å². The normalized spacial score (nSPS) is 10.3. The van der Waals surface area contributed by atoms with E-state index in [1.54, 1.807) is 33.5 Å². The monoisotopic (exact) mass is 234 g/mol. The van der Waals surface area contributed by atoms with E-state index in [4.69, 9.17) is 14.2 Å². The Bertz CT molecular complexity index is 543. The van der Waals surface area contributed by atoms with Gasteiger partial charge in [0.05, 0.1) is 26.7 Å². The fourth-order valence-electron chi connectivity index (χ4n) is 1.80. The van der Waals surface area contributed by atoms with Crippen molar-refractivity contribution in [2.75, 3.05) is 21.3 Å². The second kappa shape index (κ2) is 4.41. The van der Waals surface area contributed by atoms with Gasteiger partial charge in [-0.2, -0.15) is 0 Å². The van der Waals surface area contributed by atoms with Crippen molar-refractivity contribution < 1.29 is 19.3 Å². The van der Waals surface area contributed by atoms with Gasteiger partial charge in [-0.05, 0) is 17.5 Å². The van der Waals surface area contributed by atoms with Crippen LogP contribution in [0.15, 0.2) is 24.3 Å². The predicted molar refractivity (Wildman–Crippen MR) is 65.3 cm³/mol. The van der Waals surface area contributed by atoms with Gasteiger partial charge < -0.3 is 19.3 Å². The summed E-state index contributed by atoms with van der Waals surface area (Å²) in [7, 11) is 4.69. The molecule has 2 aromatic rings. The van der Waals surface area contributed by atoms with Crippen LogP contribution in [0.3, 0.4) is 0 Å². The molecule has 0 spiro atoms. The quantitative estimate of drug-likeness (QED) is 0.886. The number of methoxy groups -OCH3 is 3. The van der Waals surface area contributed by atoms with Crippen LogP contribution in [-0.4, -0.2) is 26.4 Å². The summed E-state index contributed by atoms with van der Waals surface area (Å²) in [5.74, 6) is 1.95. The molecule has 0 radical (unpaired) electrons. The van der Waals surface area contributed by atoms with Crippen molar-refractivity contribution in [2.45, 2.75) is 0 Å². The number of rotatable bonds is 3. The Balaban J connectivity index is 2.79. The Hall–Kier alpha value is -2.10. The molecule has 0 aromatic heterocycles. The standard InChI is InChI=1S/C13H14O4/c1-15-9-4-8-5-10(16-2)7-12(17-3)13(8)11(14)6-9/h4-7,14H,1-3H3. The lowest BCUT2D eigenvalue weighted by Crippen LogP contribution is -1.90. The fraction of sp³-hybridized carbons (Fsp3) is 0.231. The highest BCUT2D eigenvalue weighted by molar-refractivity contribution is 5.95. The number of benzene rings is 2. The summed E-state index contributed by atoms with van der Waals surface area (Å²) in [6.45, 7) is 0. The van der Waals surface area contributed by atoms with Gasteiger partial charge in [-0.25, -0.2) is 0 Å². The van der Waals surface area contributed by atoms with E-state index >= 15 is 0 Å². The van der Waals surface area contributed by atoms with Crippen LogP contribution in [0.4, 0.5) is 0 Å². The number of aromatic hydroxyl groups is 1. The average Bonchev–Trinajstić information content (AvgIpc) is 2.36. The highest BCUT2D eigenvalue weighted by Crippen LogP contribution is 2.39. The Morgan fingerprint density at radius 2 is 1.41 bits per heavy atom. The molecule has 0 aliphatic rings. The molecule has 0 unspecified atom stereocenters. The molecule has 4 nitrogen and oxygen atoms in total. The van der Waals surface area contributed by atoms with E-state index in [1.807, 2.05) is 12.1 Å². The first-order valence-corrected chi connectivity index (χ1v) is 5.12. The molecule has 0 atom stereocenters. The molecule has 2 rings (SSSR count). The minimum atomic E-state index is 0.124. The third-order valence-corrected chi connectivity index (χ3v) is 2.63. The van der Waals surface area contributed by atoms with Crippen LogP contribution in [-0.2, 0) is 0 Å². The maximum atomic E-state index is 9.96. The highest BCUT2D eigenvalue weighted by Gasteiger charge is 2.11. The van der Waals surface area contributed by atoms with Crippen LogP contribution in [0.1, 0.15) is 0 Å². The molecule has 0 bridgehead atoms. The molecule has 90 valence electrons. The van der Waals surface area contributed by atoms with Crippen molar-refractivity contribution in [3.05, 3.63) is 24.3 Å². The molecular weight excluding hydrogens is 220 g/mol. The molecule has 0 saturated carbocycles. The van der Waals surface area contributed by atoms with E-state index in [9.17, 15) is 5.11 Å². The molecule has 0 heterocycles. The molecule has 4 heteroatoms. The number of phenols is 1. The Morgan fingerprint density at radius 1 is 0.824 bits per heavy atom.